The number of benzene rings is 1. The van der Waals surface area contributed by atoms with Gasteiger partial charge in [0.2, 0.25) is 5.78 Å². The monoisotopic (exact) mass is 373 g/mol. The van der Waals surface area contributed by atoms with Gasteiger partial charge in [0.05, 0.1) is 13.1 Å². The van der Waals surface area contributed by atoms with Gasteiger partial charge in [-0.3, -0.25) is 34.7 Å². The Bertz CT molecular complexity index is 839. The fraction of sp³-hybridized carbons (Fsp3) is 0.444. The highest BCUT2D eigenvalue weighted by Crippen LogP contribution is 2.46. The lowest BCUT2D eigenvalue weighted by Gasteiger charge is -2.47. The van der Waals surface area contributed by atoms with E-state index >= 15 is 0 Å². The van der Waals surface area contributed by atoms with E-state index in [4.69, 9.17) is 0 Å². The second kappa shape index (κ2) is 6.66. The quantitative estimate of drug-likeness (QED) is 0.419. The Morgan fingerprint density at radius 3 is 2.41 bits per heavy atom. The molecule has 0 amide bonds. The number of carbonyl (C=O) groups is 2. The van der Waals surface area contributed by atoms with Crippen LogP contribution in [0.2, 0.25) is 0 Å². The van der Waals surface area contributed by atoms with E-state index in [1.54, 1.807) is 37.3 Å². The molecule has 1 heterocycles. The van der Waals surface area contributed by atoms with Crippen molar-refractivity contribution in [3.63, 3.8) is 0 Å². The lowest BCUT2D eigenvalue weighted by Crippen LogP contribution is -2.75. The van der Waals surface area contributed by atoms with E-state index in [1.165, 1.54) is 4.90 Å². The molecule has 0 spiro atoms. The average Bonchev–Trinajstić information content (AvgIpc) is 2.65. The van der Waals surface area contributed by atoms with Gasteiger partial charge in [-0.1, -0.05) is 37.3 Å². The predicted molar refractivity (Wildman–Crippen MR) is 94.6 cm³/mol. The number of likely N-dealkylation sites (N-methyl/N-ethyl adjacent to an activating group) is 1. The van der Waals surface area contributed by atoms with Gasteiger partial charge in [0, 0.05) is 21.8 Å². The van der Waals surface area contributed by atoms with Gasteiger partial charge in [0.15, 0.2) is 5.78 Å². The molecule has 27 heavy (non-hydrogen) atoms. The Kier molecular flexibility index (Phi) is 4.64. The molecule has 2 aliphatic rings. The highest BCUT2D eigenvalue weighted by Gasteiger charge is 2.73. The van der Waals surface area contributed by atoms with Gasteiger partial charge >= 0.3 is 5.54 Å². The fourth-order valence-corrected chi connectivity index (χ4v) is 4.19. The van der Waals surface area contributed by atoms with E-state index in [0.717, 1.165) is 12.2 Å². The molecule has 1 aliphatic heterocycles. The summed E-state index contributed by atoms with van der Waals surface area (Å²) in [4.78, 5) is 49.7. The molecule has 0 saturated carbocycles. The zero-order valence-corrected chi connectivity index (χ0v) is 14.7. The Labute approximate surface area is 154 Å². The standard InChI is InChI=1S/C18H19N3O6/c1-2-19-11-17(20(24)25)9-8-16(23)18(12-19,21(26)27)15(17)10-14(22)13-6-4-3-5-7-13/h3-9,15H,2,10-12H2,1H3/t15-,17-,18+/m0/s1. The van der Waals surface area contributed by atoms with Crippen LogP contribution in [0.25, 0.3) is 0 Å². The molecule has 1 aromatic rings. The number of rotatable bonds is 6. The van der Waals surface area contributed by atoms with E-state index < -0.39 is 44.8 Å². The first-order valence-corrected chi connectivity index (χ1v) is 8.61. The number of nitrogens with zero attached hydrogens (tertiary/aromatic N) is 3. The van der Waals surface area contributed by atoms with Gasteiger partial charge in [0.25, 0.3) is 5.54 Å². The molecule has 142 valence electrons. The number of nitro groups is 2. The SMILES string of the molecule is CCN1C[C@@]2([N+](=O)[O-])C=CC(=O)[C@@]([N+](=O)[O-])(C1)[C@H]2CC(=O)c1ccccc1. The Balaban J connectivity index is 2.14. The maximum Gasteiger partial charge on any atom is 0.305 e. The molecule has 1 aliphatic carbocycles. The van der Waals surface area contributed by atoms with E-state index in [0.29, 0.717) is 12.1 Å². The number of piperidine rings is 1. The minimum Gasteiger partial charge on any atom is -0.294 e. The number of likely N-dealkylation sites (tertiary alicyclic amines) is 1. The van der Waals surface area contributed by atoms with Crippen molar-refractivity contribution in [1.82, 2.24) is 4.90 Å². The number of hydrogen-bond acceptors (Lipinski definition) is 7. The van der Waals surface area contributed by atoms with E-state index in [9.17, 15) is 29.8 Å². The minimum atomic E-state index is -2.21. The van der Waals surface area contributed by atoms with Gasteiger partial charge in [-0.2, -0.15) is 0 Å². The summed E-state index contributed by atoms with van der Waals surface area (Å²) in [5, 5.41) is 24.1. The summed E-state index contributed by atoms with van der Waals surface area (Å²) in [5.74, 6) is -2.61. The van der Waals surface area contributed by atoms with Gasteiger partial charge in [-0.15, -0.1) is 0 Å². The van der Waals surface area contributed by atoms with Crippen molar-refractivity contribution in [3.8, 4) is 0 Å². The van der Waals surface area contributed by atoms with Crippen molar-refractivity contribution in [2.24, 2.45) is 5.92 Å². The Morgan fingerprint density at radius 1 is 1.19 bits per heavy atom. The number of carbonyl (C=O) groups excluding carboxylic acids is 2. The lowest BCUT2D eigenvalue weighted by molar-refractivity contribution is -0.623. The van der Waals surface area contributed by atoms with E-state index in [-0.39, 0.29) is 13.1 Å². The number of fused-ring (bicyclic) bond motifs is 2. The summed E-state index contributed by atoms with van der Waals surface area (Å²) in [7, 11) is 0. The van der Waals surface area contributed by atoms with E-state index in [2.05, 4.69) is 0 Å². The second-order valence-electron chi connectivity index (χ2n) is 6.98. The molecule has 3 rings (SSSR count). The van der Waals surface area contributed by atoms with Crippen LogP contribution in [0.4, 0.5) is 0 Å². The van der Waals surface area contributed by atoms with Crippen molar-refractivity contribution in [2.75, 3.05) is 19.6 Å². The first-order valence-electron chi connectivity index (χ1n) is 8.61. The zero-order valence-electron chi connectivity index (χ0n) is 14.7. The number of Topliss-reactive ketones (excluding diaryl/α,β-unsaturated/α-hetero) is 1. The number of hydrogen-bond donors (Lipinski definition) is 0. The van der Waals surface area contributed by atoms with Crippen LogP contribution < -0.4 is 0 Å². The highest BCUT2D eigenvalue weighted by molar-refractivity contribution is 6.01. The van der Waals surface area contributed by atoms with Crippen molar-refractivity contribution in [3.05, 3.63) is 68.3 Å². The molecule has 0 radical (unpaired) electrons. The maximum absolute atomic E-state index is 12.7. The molecule has 0 N–H and O–H groups in total. The van der Waals surface area contributed by atoms with Gasteiger partial charge < -0.3 is 0 Å². The third-order valence-corrected chi connectivity index (χ3v) is 5.67. The normalized spacial score (nSPS) is 30.1. The average molecular weight is 373 g/mol. The van der Waals surface area contributed by atoms with Crippen LogP contribution in [-0.4, -0.2) is 57.0 Å². The van der Waals surface area contributed by atoms with Gasteiger partial charge in [0.1, 0.15) is 5.92 Å². The van der Waals surface area contributed by atoms with Crippen LogP contribution in [0.1, 0.15) is 23.7 Å². The van der Waals surface area contributed by atoms with Crippen LogP contribution in [0, 0.1) is 26.1 Å². The topological polar surface area (TPSA) is 124 Å². The number of ketones is 2. The lowest BCUT2D eigenvalue weighted by atomic mass is 9.60. The summed E-state index contributed by atoms with van der Waals surface area (Å²) in [6.45, 7) is 1.72. The first-order chi connectivity index (χ1) is 12.8. The first kappa shape index (κ1) is 18.8. The van der Waals surface area contributed by atoms with Gasteiger partial charge in [-0.05, 0) is 18.7 Å². The summed E-state index contributed by atoms with van der Waals surface area (Å²) in [6, 6.07) is 8.11. The molecule has 9 heteroatoms. The van der Waals surface area contributed by atoms with Crippen LogP contribution in [0.5, 0.6) is 0 Å². The molecular formula is C18H19N3O6. The molecule has 3 atom stereocenters. The molecule has 0 aromatic heterocycles. The third kappa shape index (κ3) is 2.74. The molecule has 1 aromatic carbocycles. The zero-order chi connectivity index (χ0) is 19.8. The van der Waals surface area contributed by atoms with Gasteiger partial charge in [-0.25, -0.2) is 0 Å². The van der Waals surface area contributed by atoms with Crippen molar-refractivity contribution in [1.29, 1.82) is 0 Å². The van der Waals surface area contributed by atoms with Crippen LogP contribution in [-0.2, 0) is 4.79 Å². The van der Waals surface area contributed by atoms with Crippen molar-refractivity contribution in [2.45, 2.75) is 24.4 Å². The minimum absolute atomic E-state index is 0.0807. The Morgan fingerprint density at radius 2 is 1.85 bits per heavy atom. The second-order valence-corrected chi connectivity index (χ2v) is 6.98. The molecule has 1 fully saturated rings. The van der Waals surface area contributed by atoms with Crippen molar-refractivity contribution < 1.29 is 19.4 Å². The van der Waals surface area contributed by atoms with Crippen molar-refractivity contribution >= 4 is 11.6 Å². The summed E-state index contributed by atoms with van der Waals surface area (Å²) in [5.41, 5.74) is -3.76. The summed E-state index contributed by atoms with van der Waals surface area (Å²) >= 11 is 0. The largest absolute Gasteiger partial charge is 0.305 e. The smallest absolute Gasteiger partial charge is 0.294 e. The third-order valence-electron chi connectivity index (χ3n) is 5.67. The highest BCUT2D eigenvalue weighted by atomic mass is 16.6. The molecule has 1 saturated heterocycles. The van der Waals surface area contributed by atoms with E-state index in [1.807, 2.05) is 0 Å². The Hall–Kier alpha value is -2.94. The molecule has 0 unspecified atom stereocenters. The predicted octanol–water partition coefficient (Wildman–Crippen LogP) is 1.38. The fourth-order valence-electron chi connectivity index (χ4n) is 4.19. The molecular weight excluding hydrogens is 354 g/mol. The summed E-state index contributed by atoms with van der Waals surface area (Å²) < 4.78 is 0. The summed E-state index contributed by atoms with van der Waals surface area (Å²) in [6.07, 6.45) is 1.64. The molecule has 2 bridgehead atoms. The maximum atomic E-state index is 12.7. The molecule has 9 nitrogen and oxygen atoms in total. The van der Waals surface area contributed by atoms with Crippen LogP contribution in [0.15, 0.2) is 42.5 Å². The van der Waals surface area contributed by atoms with Crippen LogP contribution >= 0.6 is 0 Å². The van der Waals surface area contributed by atoms with Crippen LogP contribution in [0.3, 0.4) is 0 Å².